The van der Waals surface area contributed by atoms with Crippen LogP contribution in [0.4, 0.5) is 10.6 Å². The van der Waals surface area contributed by atoms with Crippen LogP contribution in [0.2, 0.25) is 0 Å². The Bertz CT molecular complexity index is 1160. The molecule has 0 atom stereocenters. The van der Waals surface area contributed by atoms with Crippen LogP contribution in [0.25, 0.3) is 22.3 Å². The summed E-state index contributed by atoms with van der Waals surface area (Å²) in [6.07, 6.45) is 8.92. The Labute approximate surface area is 199 Å². The zero-order valence-corrected chi connectivity index (χ0v) is 20.1. The summed E-state index contributed by atoms with van der Waals surface area (Å²) in [5, 5.41) is 1.00. The molecule has 2 fully saturated rings. The maximum absolute atomic E-state index is 12.4. The van der Waals surface area contributed by atoms with Gasteiger partial charge in [0.1, 0.15) is 17.4 Å². The van der Waals surface area contributed by atoms with Crippen LogP contribution in [0.5, 0.6) is 5.88 Å². The van der Waals surface area contributed by atoms with Crippen molar-refractivity contribution in [3.63, 3.8) is 0 Å². The number of hydrogen-bond donors (Lipinski definition) is 1. The lowest BCUT2D eigenvalue weighted by Gasteiger charge is -2.33. The van der Waals surface area contributed by atoms with E-state index in [-0.39, 0.29) is 12.2 Å². The number of piperidine rings is 1. The third kappa shape index (κ3) is 4.78. The molecule has 0 saturated carbocycles. The van der Waals surface area contributed by atoms with E-state index in [2.05, 4.69) is 14.9 Å². The molecule has 0 bridgehead atoms. The Morgan fingerprint density at radius 3 is 2.59 bits per heavy atom. The van der Waals surface area contributed by atoms with Gasteiger partial charge < -0.3 is 24.3 Å². The minimum atomic E-state index is -0.497. The topological polar surface area (TPSA) is 96.5 Å². The Balaban J connectivity index is 1.36. The first-order valence-electron chi connectivity index (χ1n) is 12.1. The van der Waals surface area contributed by atoms with E-state index >= 15 is 0 Å². The molecule has 5 heterocycles. The number of ether oxygens (including phenoxy) is 2. The molecular weight excluding hydrogens is 432 g/mol. The van der Waals surface area contributed by atoms with E-state index in [9.17, 15) is 4.79 Å². The van der Waals surface area contributed by atoms with E-state index in [0.717, 1.165) is 66.9 Å². The number of carbonyl (C=O) groups is 1. The number of H-pyrrole nitrogens is 1. The highest BCUT2D eigenvalue weighted by Crippen LogP contribution is 2.33. The molecule has 34 heavy (non-hydrogen) atoms. The molecule has 0 spiro atoms. The largest absolute Gasteiger partial charge is 0.472 e. The monoisotopic (exact) mass is 464 g/mol. The van der Waals surface area contributed by atoms with Crippen molar-refractivity contribution < 1.29 is 14.3 Å². The highest BCUT2D eigenvalue weighted by Gasteiger charge is 2.29. The lowest BCUT2D eigenvalue weighted by atomic mass is 10.1. The lowest BCUT2D eigenvalue weighted by Crippen LogP contribution is -2.44. The fourth-order valence-electron chi connectivity index (χ4n) is 4.55. The van der Waals surface area contributed by atoms with Gasteiger partial charge in [0.15, 0.2) is 5.82 Å². The number of hydrogen-bond acceptors (Lipinski definition) is 7. The van der Waals surface area contributed by atoms with E-state index in [0.29, 0.717) is 19.0 Å². The average molecular weight is 465 g/mol. The standard InChI is InChI=1S/C25H32N6O3/c1-25(2,3)34-24(32)31-14-8-17(9-15-31)33-23-22(30-12-4-5-13-30)28-16-20(29-23)18-6-10-26-21-19(18)7-11-27-21/h6-7,10-11,16-17H,4-5,8-9,12-15H2,1-3H3,(H,26,27). The van der Waals surface area contributed by atoms with Gasteiger partial charge in [-0.05, 0) is 45.7 Å². The second kappa shape index (κ2) is 9.12. The molecule has 0 aliphatic carbocycles. The second-order valence-corrected chi connectivity index (χ2v) is 9.96. The summed E-state index contributed by atoms with van der Waals surface area (Å²) in [4.78, 5) is 33.7. The van der Waals surface area contributed by atoms with Crippen molar-refractivity contribution in [1.29, 1.82) is 0 Å². The molecule has 2 saturated heterocycles. The summed E-state index contributed by atoms with van der Waals surface area (Å²) in [7, 11) is 0. The van der Waals surface area contributed by atoms with Crippen LogP contribution in [0.15, 0.2) is 30.7 Å². The van der Waals surface area contributed by atoms with Crippen molar-refractivity contribution in [2.24, 2.45) is 0 Å². The highest BCUT2D eigenvalue weighted by atomic mass is 16.6. The van der Waals surface area contributed by atoms with Crippen LogP contribution >= 0.6 is 0 Å². The number of pyridine rings is 1. The van der Waals surface area contributed by atoms with E-state index in [1.807, 2.05) is 45.3 Å². The third-order valence-corrected chi connectivity index (χ3v) is 6.24. The third-order valence-electron chi connectivity index (χ3n) is 6.24. The first-order valence-corrected chi connectivity index (χ1v) is 12.1. The second-order valence-electron chi connectivity index (χ2n) is 9.96. The van der Waals surface area contributed by atoms with Crippen LogP contribution < -0.4 is 9.64 Å². The zero-order chi connectivity index (χ0) is 23.7. The predicted molar refractivity (Wildman–Crippen MR) is 130 cm³/mol. The van der Waals surface area contributed by atoms with Gasteiger partial charge >= 0.3 is 6.09 Å². The van der Waals surface area contributed by atoms with E-state index in [4.69, 9.17) is 19.4 Å². The molecule has 5 rings (SSSR count). The molecule has 0 aromatic carbocycles. The predicted octanol–water partition coefficient (Wildman–Crippen LogP) is 4.40. The first kappa shape index (κ1) is 22.4. The number of fused-ring (bicyclic) bond motifs is 1. The van der Waals surface area contributed by atoms with E-state index in [1.54, 1.807) is 11.1 Å². The number of likely N-dealkylation sites (tertiary alicyclic amines) is 1. The molecule has 0 unspecified atom stereocenters. The van der Waals surface area contributed by atoms with Crippen LogP contribution in [0, 0.1) is 0 Å². The van der Waals surface area contributed by atoms with Gasteiger partial charge in [-0.3, -0.25) is 0 Å². The number of nitrogens with one attached hydrogen (secondary N) is 1. The van der Waals surface area contributed by atoms with Gasteiger partial charge in [0.05, 0.1) is 11.9 Å². The molecule has 9 nitrogen and oxygen atoms in total. The number of nitrogens with zero attached hydrogens (tertiary/aromatic N) is 5. The van der Waals surface area contributed by atoms with Crippen molar-refractivity contribution in [2.75, 3.05) is 31.1 Å². The molecule has 2 aliphatic rings. The van der Waals surface area contributed by atoms with Gasteiger partial charge in [0, 0.05) is 62.4 Å². The van der Waals surface area contributed by atoms with Gasteiger partial charge in [0.2, 0.25) is 0 Å². The van der Waals surface area contributed by atoms with Gasteiger partial charge in [-0.2, -0.15) is 0 Å². The zero-order valence-electron chi connectivity index (χ0n) is 20.1. The maximum Gasteiger partial charge on any atom is 0.410 e. The number of amides is 1. The summed E-state index contributed by atoms with van der Waals surface area (Å²) >= 11 is 0. The van der Waals surface area contributed by atoms with Gasteiger partial charge in [-0.25, -0.2) is 19.7 Å². The van der Waals surface area contributed by atoms with Crippen LogP contribution in [0.1, 0.15) is 46.5 Å². The van der Waals surface area contributed by atoms with Crippen molar-refractivity contribution in [1.82, 2.24) is 24.8 Å². The summed E-state index contributed by atoms with van der Waals surface area (Å²) in [5.41, 5.74) is 2.05. The van der Waals surface area contributed by atoms with Gasteiger partial charge in [-0.15, -0.1) is 0 Å². The van der Waals surface area contributed by atoms with Gasteiger partial charge in [-0.1, -0.05) is 0 Å². The number of aromatic amines is 1. The minimum absolute atomic E-state index is 0.0330. The van der Waals surface area contributed by atoms with Crippen LogP contribution in [-0.4, -0.2) is 68.8 Å². The van der Waals surface area contributed by atoms with Crippen molar-refractivity contribution in [2.45, 2.75) is 58.2 Å². The van der Waals surface area contributed by atoms with Crippen molar-refractivity contribution in [3.8, 4) is 17.1 Å². The summed E-state index contributed by atoms with van der Waals surface area (Å²) in [5.74, 6) is 1.37. The maximum atomic E-state index is 12.4. The smallest absolute Gasteiger partial charge is 0.410 e. The molecule has 0 radical (unpaired) electrons. The molecule has 1 amide bonds. The highest BCUT2D eigenvalue weighted by molar-refractivity contribution is 5.91. The van der Waals surface area contributed by atoms with Crippen molar-refractivity contribution in [3.05, 3.63) is 30.7 Å². The van der Waals surface area contributed by atoms with Crippen LogP contribution in [-0.2, 0) is 4.74 Å². The molecule has 2 aliphatic heterocycles. The normalized spacial score (nSPS) is 17.4. The Morgan fingerprint density at radius 2 is 1.85 bits per heavy atom. The lowest BCUT2D eigenvalue weighted by molar-refractivity contribution is 0.0123. The molecule has 9 heteroatoms. The number of carbonyl (C=O) groups excluding carboxylic acids is 1. The number of anilines is 1. The van der Waals surface area contributed by atoms with Crippen molar-refractivity contribution >= 4 is 22.9 Å². The Morgan fingerprint density at radius 1 is 1.09 bits per heavy atom. The molecular formula is C25H32N6O3. The van der Waals surface area contributed by atoms with E-state index in [1.165, 1.54) is 0 Å². The van der Waals surface area contributed by atoms with E-state index < -0.39 is 5.60 Å². The molecule has 1 N–H and O–H groups in total. The Kier molecular flexibility index (Phi) is 6.02. The fraction of sp³-hybridized carbons (Fsp3) is 0.520. The minimum Gasteiger partial charge on any atom is -0.472 e. The summed E-state index contributed by atoms with van der Waals surface area (Å²) in [6.45, 7) is 8.76. The first-order chi connectivity index (χ1) is 16.4. The number of aromatic nitrogens is 4. The average Bonchev–Trinajstić information content (AvgIpc) is 3.50. The molecule has 3 aromatic heterocycles. The van der Waals surface area contributed by atoms with Gasteiger partial charge in [0.25, 0.3) is 5.88 Å². The van der Waals surface area contributed by atoms with Crippen LogP contribution in [0.3, 0.4) is 0 Å². The molecule has 3 aromatic rings. The Hall–Kier alpha value is -3.36. The number of rotatable bonds is 4. The summed E-state index contributed by atoms with van der Waals surface area (Å²) < 4.78 is 12.0. The quantitative estimate of drug-likeness (QED) is 0.611. The SMILES string of the molecule is CC(C)(C)OC(=O)N1CCC(Oc2nc(-c3ccnc4[nH]ccc34)cnc2N2CCCC2)CC1. The molecule has 180 valence electrons. The fourth-order valence-corrected chi connectivity index (χ4v) is 4.55. The summed E-state index contributed by atoms with van der Waals surface area (Å²) in [6, 6.07) is 3.96.